The molecule has 0 fully saturated rings. The van der Waals surface area contributed by atoms with Gasteiger partial charge in [0.15, 0.2) is 5.82 Å². The lowest BCUT2D eigenvalue weighted by molar-refractivity contribution is 0.0695. The topological polar surface area (TPSA) is 62.2 Å². The molecule has 1 atom stereocenters. The average Bonchev–Trinajstić information content (AvgIpc) is 2.74. The molecule has 1 aromatic heterocycles. The Morgan fingerprint density at radius 2 is 2.14 bits per heavy atom. The number of anilines is 1. The highest BCUT2D eigenvalue weighted by Crippen LogP contribution is 2.32. The van der Waals surface area contributed by atoms with Crippen LogP contribution in [0.4, 0.5) is 10.1 Å². The molecular formula is C14H14BrFN2O2S. The lowest BCUT2D eigenvalue weighted by Gasteiger charge is -2.16. The summed E-state index contributed by atoms with van der Waals surface area (Å²) in [6.07, 6.45) is 0. The highest BCUT2D eigenvalue weighted by Gasteiger charge is 2.19. The number of hydrogen-bond acceptors (Lipinski definition) is 4. The summed E-state index contributed by atoms with van der Waals surface area (Å²) in [6, 6.07) is 2.69. The Morgan fingerprint density at radius 1 is 1.48 bits per heavy atom. The van der Waals surface area contributed by atoms with Crippen LogP contribution < -0.4 is 5.32 Å². The van der Waals surface area contributed by atoms with E-state index in [0.29, 0.717) is 0 Å². The third-order valence-electron chi connectivity index (χ3n) is 3.02. The molecule has 0 spiro atoms. The van der Waals surface area contributed by atoms with Crippen LogP contribution in [0.1, 0.15) is 38.9 Å². The number of carboxylic acid groups (broad SMARTS) is 1. The minimum atomic E-state index is -1.17. The normalized spacial score (nSPS) is 12.2. The molecule has 0 aliphatic carbocycles. The number of nitrogens with zero attached hydrogens (tertiary/aromatic N) is 1. The SMILES string of the molecule is Cc1nc(C)c(C(C)Nc2ccc(C(=O)O)c(Br)c2F)s1. The van der Waals surface area contributed by atoms with Gasteiger partial charge in [-0.2, -0.15) is 0 Å². The smallest absolute Gasteiger partial charge is 0.336 e. The summed E-state index contributed by atoms with van der Waals surface area (Å²) in [5.74, 6) is -1.78. The number of thiazole rings is 1. The van der Waals surface area contributed by atoms with Crippen LogP contribution in [0, 0.1) is 19.7 Å². The monoisotopic (exact) mass is 372 g/mol. The van der Waals surface area contributed by atoms with Crippen LogP contribution in [0.2, 0.25) is 0 Å². The average molecular weight is 373 g/mol. The zero-order chi connectivity index (χ0) is 15.7. The molecule has 1 aromatic carbocycles. The Labute approximate surface area is 134 Å². The maximum absolute atomic E-state index is 14.2. The molecule has 0 amide bonds. The minimum Gasteiger partial charge on any atom is -0.478 e. The van der Waals surface area contributed by atoms with E-state index < -0.39 is 11.8 Å². The molecule has 7 heteroatoms. The summed E-state index contributed by atoms with van der Waals surface area (Å²) in [7, 11) is 0. The van der Waals surface area contributed by atoms with Gasteiger partial charge in [-0.3, -0.25) is 0 Å². The molecule has 2 N–H and O–H groups in total. The first kappa shape index (κ1) is 15.9. The summed E-state index contributed by atoms with van der Waals surface area (Å²) in [5, 5.41) is 13.0. The number of aromatic carboxylic acids is 1. The summed E-state index contributed by atoms with van der Waals surface area (Å²) in [5.41, 5.74) is 1.07. The van der Waals surface area contributed by atoms with E-state index in [1.807, 2.05) is 20.8 Å². The highest BCUT2D eigenvalue weighted by atomic mass is 79.9. The third-order valence-corrected chi connectivity index (χ3v) is 5.05. The van der Waals surface area contributed by atoms with Crippen molar-refractivity contribution in [3.8, 4) is 0 Å². The molecule has 21 heavy (non-hydrogen) atoms. The number of benzene rings is 1. The van der Waals surface area contributed by atoms with E-state index in [-0.39, 0.29) is 21.8 Å². The Balaban J connectivity index is 2.30. The molecule has 0 saturated carbocycles. The van der Waals surface area contributed by atoms with E-state index in [9.17, 15) is 9.18 Å². The number of carbonyl (C=O) groups is 1. The van der Waals surface area contributed by atoms with Crippen LogP contribution in [-0.4, -0.2) is 16.1 Å². The summed E-state index contributed by atoms with van der Waals surface area (Å²) in [6.45, 7) is 5.75. The molecule has 0 aliphatic rings. The van der Waals surface area contributed by atoms with Gasteiger partial charge in [0.2, 0.25) is 0 Å². The van der Waals surface area contributed by atoms with Crippen LogP contribution in [0.15, 0.2) is 16.6 Å². The maximum atomic E-state index is 14.2. The van der Waals surface area contributed by atoms with Crippen LogP contribution in [0.3, 0.4) is 0 Å². The first-order valence-electron chi connectivity index (χ1n) is 6.23. The molecule has 4 nitrogen and oxygen atoms in total. The predicted octanol–water partition coefficient (Wildman–Crippen LogP) is 4.53. The molecular weight excluding hydrogens is 359 g/mol. The van der Waals surface area contributed by atoms with Crippen molar-refractivity contribution in [3.63, 3.8) is 0 Å². The number of rotatable bonds is 4. The van der Waals surface area contributed by atoms with E-state index in [0.717, 1.165) is 15.6 Å². The summed E-state index contributed by atoms with van der Waals surface area (Å²) >= 11 is 4.55. The van der Waals surface area contributed by atoms with Crippen molar-refractivity contribution >= 4 is 38.9 Å². The molecule has 2 aromatic rings. The quantitative estimate of drug-likeness (QED) is 0.827. The van der Waals surface area contributed by atoms with Crippen molar-refractivity contribution in [2.75, 3.05) is 5.32 Å². The molecule has 112 valence electrons. The number of hydrogen-bond donors (Lipinski definition) is 2. The van der Waals surface area contributed by atoms with Gasteiger partial charge in [-0.1, -0.05) is 0 Å². The molecule has 2 rings (SSSR count). The van der Waals surface area contributed by atoms with Gasteiger partial charge >= 0.3 is 5.97 Å². The van der Waals surface area contributed by atoms with Crippen molar-refractivity contribution in [1.29, 1.82) is 0 Å². The fourth-order valence-electron chi connectivity index (χ4n) is 2.07. The van der Waals surface area contributed by atoms with Gasteiger partial charge in [-0.05, 0) is 48.8 Å². The van der Waals surface area contributed by atoms with E-state index in [1.165, 1.54) is 12.1 Å². The molecule has 0 radical (unpaired) electrons. The van der Waals surface area contributed by atoms with Gasteiger partial charge in [0.25, 0.3) is 0 Å². The second kappa shape index (κ2) is 6.11. The van der Waals surface area contributed by atoms with Gasteiger partial charge in [0.1, 0.15) is 0 Å². The first-order chi connectivity index (χ1) is 9.81. The number of nitrogens with one attached hydrogen (secondary N) is 1. The Bertz CT molecular complexity index is 703. The van der Waals surface area contributed by atoms with Crippen molar-refractivity contribution in [2.45, 2.75) is 26.8 Å². The lowest BCUT2D eigenvalue weighted by Crippen LogP contribution is -2.09. The van der Waals surface area contributed by atoms with E-state index >= 15 is 0 Å². The third kappa shape index (κ3) is 3.24. The Kier molecular flexibility index (Phi) is 4.63. The van der Waals surface area contributed by atoms with Gasteiger partial charge in [0.05, 0.1) is 32.5 Å². The van der Waals surface area contributed by atoms with Gasteiger partial charge in [-0.25, -0.2) is 14.2 Å². The minimum absolute atomic E-state index is 0.0515. The summed E-state index contributed by atoms with van der Waals surface area (Å²) < 4.78 is 14.2. The van der Waals surface area contributed by atoms with Crippen LogP contribution in [0.25, 0.3) is 0 Å². The van der Waals surface area contributed by atoms with Gasteiger partial charge in [0, 0.05) is 4.88 Å². The van der Waals surface area contributed by atoms with E-state index in [1.54, 1.807) is 11.3 Å². The molecule has 0 saturated heterocycles. The zero-order valence-corrected chi connectivity index (χ0v) is 14.1. The van der Waals surface area contributed by atoms with Crippen molar-refractivity contribution in [2.24, 2.45) is 0 Å². The molecule has 1 unspecified atom stereocenters. The number of halogens is 2. The van der Waals surface area contributed by atoms with Crippen molar-refractivity contribution in [1.82, 2.24) is 4.98 Å². The lowest BCUT2D eigenvalue weighted by atomic mass is 10.1. The second-order valence-electron chi connectivity index (χ2n) is 4.64. The number of aryl methyl sites for hydroxylation is 2. The Hall–Kier alpha value is -1.47. The van der Waals surface area contributed by atoms with E-state index in [2.05, 4.69) is 26.2 Å². The standard InChI is InChI=1S/C14H14BrFN2O2S/c1-6-13(21-8(3)17-6)7(2)18-10-5-4-9(14(19)20)11(15)12(10)16/h4-5,7,18H,1-3H3,(H,19,20). The highest BCUT2D eigenvalue weighted by molar-refractivity contribution is 9.10. The van der Waals surface area contributed by atoms with Crippen molar-refractivity contribution < 1.29 is 14.3 Å². The van der Waals surface area contributed by atoms with Gasteiger partial charge in [-0.15, -0.1) is 11.3 Å². The van der Waals surface area contributed by atoms with E-state index in [4.69, 9.17) is 5.11 Å². The van der Waals surface area contributed by atoms with Crippen LogP contribution >= 0.6 is 27.3 Å². The predicted molar refractivity (Wildman–Crippen MR) is 84.7 cm³/mol. The fraction of sp³-hybridized carbons (Fsp3) is 0.286. The zero-order valence-electron chi connectivity index (χ0n) is 11.7. The largest absolute Gasteiger partial charge is 0.478 e. The number of carboxylic acids is 1. The Morgan fingerprint density at radius 3 is 2.67 bits per heavy atom. The maximum Gasteiger partial charge on any atom is 0.336 e. The van der Waals surface area contributed by atoms with Crippen LogP contribution in [0.5, 0.6) is 0 Å². The first-order valence-corrected chi connectivity index (χ1v) is 7.84. The second-order valence-corrected chi connectivity index (χ2v) is 6.67. The van der Waals surface area contributed by atoms with Crippen molar-refractivity contribution in [3.05, 3.63) is 43.6 Å². The van der Waals surface area contributed by atoms with Crippen LogP contribution in [-0.2, 0) is 0 Å². The molecule has 0 aliphatic heterocycles. The molecule has 0 bridgehead atoms. The number of aromatic nitrogens is 1. The molecule has 1 heterocycles. The van der Waals surface area contributed by atoms with Gasteiger partial charge < -0.3 is 10.4 Å². The summed E-state index contributed by atoms with van der Waals surface area (Å²) in [4.78, 5) is 16.3. The fourth-order valence-corrected chi connectivity index (χ4v) is 3.52.